The quantitative estimate of drug-likeness (QED) is 0.131. The van der Waals surface area contributed by atoms with Crippen LogP contribution in [0.5, 0.6) is 0 Å². The van der Waals surface area contributed by atoms with Gasteiger partial charge in [-0.2, -0.15) is 0 Å². The Kier molecular flexibility index (Phi) is 6.34. The van der Waals surface area contributed by atoms with Gasteiger partial charge in [-0.15, -0.1) is 35.4 Å². The van der Waals surface area contributed by atoms with Crippen LogP contribution in [0.2, 0.25) is 15.8 Å². The molecule has 6 heterocycles. The van der Waals surface area contributed by atoms with Crippen molar-refractivity contribution in [2.24, 2.45) is 0 Å². The molecule has 1 fully saturated rings. The molecule has 6 heteroatoms. The molecular formula is C36H33GeIrN3O-2. The van der Waals surface area contributed by atoms with E-state index in [1.807, 2.05) is 19.1 Å². The normalized spacial score (nSPS) is 17.6. The summed E-state index contributed by atoms with van der Waals surface area (Å²) in [6.45, 7) is -2.35. The van der Waals surface area contributed by atoms with Crippen LogP contribution in [0, 0.1) is 32.8 Å². The Labute approximate surface area is 272 Å². The molecule has 2 aliphatic heterocycles. The third-order valence-electron chi connectivity index (χ3n) is 8.54. The van der Waals surface area contributed by atoms with Gasteiger partial charge in [-0.3, -0.25) is 0 Å². The smallest absolute Gasteiger partial charge is 0.0280 e. The minimum Gasteiger partial charge on any atom is -0.304 e. The van der Waals surface area contributed by atoms with Crippen molar-refractivity contribution >= 4 is 39.7 Å². The Morgan fingerprint density at radius 1 is 0.857 bits per heavy atom. The maximum absolute atomic E-state index is 7.28. The van der Waals surface area contributed by atoms with Crippen LogP contribution in [0.15, 0.2) is 77.5 Å². The molecule has 0 N–H and O–H groups in total. The van der Waals surface area contributed by atoms with E-state index in [2.05, 4.69) is 46.5 Å². The van der Waals surface area contributed by atoms with E-state index < -0.39 is 27.0 Å². The summed E-state index contributed by atoms with van der Waals surface area (Å²) >= 11 is -1.77. The number of aryl methyl sites for hydroxylation is 4. The van der Waals surface area contributed by atoms with Gasteiger partial charge in [0.1, 0.15) is 0 Å². The van der Waals surface area contributed by atoms with Crippen molar-refractivity contribution in [3.63, 3.8) is 0 Å². The standard InChI is InChI=1S/C23H21GeN2O.C13H12N.Ir/c1-15-7-8-18-17-5-4-6-19(22(17)27-23(18)26-15)21-13-16-9-12-24(10-2-3-11-24)20(16)14-25-21;1-10-3-6-12(7-4-10)13-8-5-11(2)9-14-13;/h4-5,7-8,13-14H,2-3,9-12H2,1H3;3-6,8-9H,1-2H3;/q2*-1;/i;1D3,2D3;. The predicted octanol–water partition coefficient (Wildman–Crippen LogP) is 8.32. The van der Waals surface area contributed by atoms with Crippen LogP contribution >= 0.6 is 0 Å². The minimum atomic E-state index is -2.18. The van der Waals surface area contributed by atoms with Crippen molar-refractivity contribution in [1.82, 2.24) is 15.0 Å². The number of hydrogen-bond acceptors (Lipinski definition) is 4. The molecule has 1 radical (unpaired) electrons. The average molecular weight is 795 g/mol. The zero-order valence-corrected chi connectivity index (χ0v) is 27.7. The van der Waals surface area contributed by atoms with Crippen LogP contribution in [0.4, 0.5) is 0 Å². The van der Waals surface area contributed by atoms with Crippen LogP contribution in [-0.4, -0.2) is 28.2 Å². The van der Waals surface area contributed by atoms with Gasteiger partial charge in [-0.25, -0.2) is 0 Å². The monoisotopic (exact) mass is 796 g/mol. The van der Waals surface area contributed by atoms with Gasteiger partial charge >= 0.3 is 161 Å². The molecular weight excluding hydrogens is 755 g/mol. The van der Waals surface area contributed by atoms with Gasteiger partial charge in [0, 0.05) is 34.5 Å². The van der Waals surface area contributed by atoms with Gasteiger partial charge in [-0.1, -0.05) is 19.0 Å². The van der Waals surface area contributed by atoms with E-state index >= 15 is 0 Å². The number of aromatic nitrogens is 3. The second kappa shape index (κ2) is 11.9. The molecule has 0 bridgehead atoms. The number of benzene rings is 2. The Balaban J connectivity index is 0.000000172. The predicted molar refractivity (Wildman–Crippen MR) is 169 cm³/mol. The first-order valence-corrected chi connectivity index (χ1v) is 19.6. The number of furan rings is 1. The molecule has 213 valence electrons. The fourth-order valence-corrected chi connectivity index (χ4v) is 17.7. The van der Waals surface area contributed by atoms with Crippen molar-refractivity contribution in [3.8, 4) is 22.5 Å². The molecule has 0 aliphatic carbocycles. The van der Waals surface area contributed by atoms with E-state index in [0.29, 0.717) is 17.0 Å². The molecule has 2 aromatic carbocycles. The molecule has 42 heavy (non-hydrogen) atoms. The van der Waals surface area contributed by atoms with E-state index in [1.54, 1.807) is 22.1 Å². The fourth-order valence-electron chi connectivity index (χ4n) is 6.44. The summed E-state index contributed by atoms with van der Waals surface area (Å²) in [6.07, 6.45) is 7.66. The van der Waals surface area contributed by atoms with Crippen molar-refractivity contribution in [1.29, 1.82) is 0 Å². The third-order valence-corrected chi connectivity index (χ3v) is 19.9. The van der Waals surface area contributed by atoms with Gasteiger partial charge in [-0.05, 0) is 18.1 Å². The number of fused-ring (bicyclic) bond motifs is 5. The SMILES string of the molecule is Cc1ccc2c(n1)oc1c(-c3cc4[c](cn3)[Ge]3([CH2]CC[CH2]3)[CH2]C4)[c-]ccc12.[2H]C([2H])([2H])c1c[c-]c(-c2ccc(C([2H])([2H])[2H])cn2)cc1.[Ir]. The molecule has 8 rings (SSSR count). The summed E-state index contributed by atoms with van der Waals surface area (Å²) < 4.78 is 51.5. The number of pyridine rings is 3. The molecule has 0 atom stereocenters. The molecule has 0 amide bonds. The van der Waals surface area contributed by atoms with Gasteiger partial charge in [0.2, 0.25) is 0 Å². The molecule has 1 saturated heterocycles. The van der Waals surface area contributed by atoms with Crippen molar-refractivity contribution < 1.29 is 32.7 Å². The second-order valence-corrected chi connectivity index (χ2v) is 20.8. The molecule has 0 unspecified atom stereocenters. The number of hydrogen-bond donors (Lipinski definition) is 0. The van der Waals surface area contributed by atoms with E-state index in [0.717, 1.165) is 33.3 Å². The summed E-state index contributed by atoms with van der Waals surface area (Å²) in [5.74, 6) is 0. The maximum atomic E-state index is 7.28. The first-order valence-electron chi connectivity index (χ1n) is 17.1. The molecule has 4 aromatic heterocycles. The van der Waals surface area contributed by atoms with E-state index in [4.69, 9.17) is 17.6 Å². The van der Waals surface area contributed by atoms with Crippen molar-refractivity contribution in [3.05, 3.63) is 108 Å². The van der Waals surface area contributed by atoms with Crippen LogP contribution in [0.3, 0.4) is 0 Å². The van der Waals surface area contributed by atoms with Crippen molar-refractivity contribution in [2.75, 3.05) is 0 Å². The van der Waals surface area contributed by atoms with Gasteiger partial charge in [0.15, 0.2) is 0 Å². The van der Waals surface area contributed by atoms with Crippen LogP contribution in [-0.2, 0) is 26.5 Å². The topological polar surface area (TPSA) is 51.8 Å². The maximum Gasteiger partial charge on any atom is 0.0280 e. The van der Waals surface area contributed by atoms with E-state index in [-0.39, 0.29) is 31.2 Å². The first-order chi connectivity index (χ1) is 22.4. The minimum absolute atomic E-state index is 0. The Morgan fingerprint density at radius 2 is 1.69 bits per heavy atom. The van der Waals surface area contributed by atoms with Crippen LogP contribution in [0.1, 0.15) is 43.5 Å². The first kappa shape index (κ1) is 22.4. The van der Waals surface area contributed by atoms with E-state index in [9.17, 15) is 0 Å². The molecule has 1 spiro atoms. The molecule has 0 saturated carbocycles. The Bertz CT molecular complexity index is 2030. The van der Waals surface area contributed by atoms with Gasteiger partial charge in [0.05, 0.1) is 0 Å². The summed E-state index contributed by atoms with van der Waals surface area (Å²) in [5, 5.41) is 6.67. The van der Waals surface area contributed by atoms with E-state index in [1.165, 1.54) is 59.4 Å². The summed E-state index contributed by atoms with van der Waals surface area (Å²) in [5.41, 5.74) is 7.58. The third kappa shape index (κ3) is 5.39. The molecule has 2 aliphatic rings. The zero-order chi connectivity index (χ0) is 33.0. The number of nitrogens with zero attached hydrogens (tertiary/aromatic N) is 3. The fraction of sp³-hybridized carbons (Fsp3) is 0.250. The van der Waals surface area contributed by atoms with Crippen molar-refractivity contribution in [2.45, 2.75) is 55.6 Å². The van der Waals surface area contributed by atoms with Crippen LogP contribution in [0.25, 0.3) is 44.6 Å². The summed E-state index contributed by atoms with van der Waals surface area (Å²) in [4.78, 5) is 13.5. The second-order valence-electron chi connectivity index (χ2n) is 11.1. The number of rotatable bonds is 2. The van der Waals surface area contributed by atoms with Gasteiger partial charge in [0.25, 0.3) is 0 Å². The van der Waals surface area contributed by atoms with Gasteiger partial charge < -0.3 is 4.98 Å². The Hall–Kier alpha value is -3.12. The summed E-state index contributed by atoms with van der Waals surface area (Å²) in [7, 11) is 0. The largest absolute Gasteiger partial charge is 0.304 e. The molecule has 6 aromatic rings. The molecule has 4 nitrogen and oxygen atoms in total. The average Bonchev–Trinajstić information content (AvgIpc) is 3.78. The summed E-state index contributed by atoms with van der Waals surface area (Å²) in [6, 6.07) is 24.3. The zero-order valence-electron chi connectivity index (χ0n) is 29.3. The Morgan fingerprint density at radius 3 is 2.45 bits per heavy atom. The van der Waals surface area contributed by atoms with Crippen LogP contribution < -0.4 is 4.40 Å².